The van der Waals surface area contributed by atoms with Gasteiger partial charge in [-0.1, -0.05) is 13.8 Å². The van der Waals surface area contributed by atoms with Gasteiger partial charge >= 0.3 is 0 Å². The number of fused-ring (bicyclic) bond motifs is 2. The minimum absolute atomic E-state index is 0.0484. The van der Waals surface area contributed by atoms with Crippen LogP contribution in [0.1, 0.15) is 13.8 Å². The molecular weight excluding hydrogens is 498 g/mol. The van der Waals surface area contributed by atoms with Crippen molar-refractivity contribution in [2.75, 3.05) is 5.32 Å². The van der Waals surface area contributed by atoms with Crippen LogP contribution in [-0.2, 0) is 4.79 Å². The fourth-order valence-corrected chi connectivity index (χ4v) is 4.71. The Bertz CT molecular complexity index is 1810. The van der Waals surface area contributed by atoms with Crippen molar-refractivity contribution in [1.29, 1.82) is 0 Å². The van der Waals surface area contributed by atoms with Crippen molar-refractivity contribution >= 4 is 45.0 Å². The van der Waals surface area contributed by atoms with Crippen LogP contribution < -0.4 is 5.32 Å². The van der Waals surface area contributed by atoms with Crippen LogP contribution in [-0.4, -0.2) is 41.0 Å². The first kappa shape index (κ1) is 22.9. The van der Waals surface area contributed by atoms with Crippen molar-refractivity contribution in [2.45, 2.75) is 13.8 Å². The molecule has 0 spiro atoms. The van der Waals surface area contributed by atoms with Crippen molar-refractivity contribution in [3.63, 3.8) is 0 Å². The Hall–Kier alpha value is -4.58. The highest BCUT2D eigenvalue weighted by Crippen LogP contribution is 2.35. The van der Waals surface area contributed by atoms with Crippen LogP contribution in [0.5, 0.6) is 0 Å². The van der Waals surface area contributed by atoms with Gasteiger partial charge in [0, 0.05) is 34.3 Å². The predicted molar refractivity (Wildman–Crippen MR) is 137 cm³/mol. The van der Waals surface area contributed by atoms with Crippen LogP contribution in [0.15, 0.2) is 49.1 Å². The Morgan fingerprint density at radius 2 is 1.95 bits per heavy atom. The summed E-state index contributed by atoms with van der Waals surface area (Å²) in [5, 5.41) is 9.72. The van der Waals surface area contributed by atoms with E-state index in [1.54, 1.807) is 38.2 Å². The first-order valence-electron chi connectivity index (χ1n) is 11.3. The number of carbonyl (C=O) groups excluding carboxylic acids is 1. The second kappa shape index (κ2) is 8.82. The van der Waals surface area contributed by atoms with Gasteiger partial charge < -0.3 is 10.3 Å². The third-order valence-corrected chi connectivity index (χ3v) is 6.70. The summed E-state index contributed by atoms with van der Waals surface area (Å²) >= 11 is 1.00. The summed E-state index contributed by atoms with van der Waals surface area (Å²) in [4.78, 5) is 33.2. The molecular formula is C25H18F2N8OS. The number of amides is 1. The molecule has 0 unspecified atom stereocenters. The number of H-pyrrole nitrogens is 2. The Morgan fingerprint density at radius 1 is 1.08 bits per heavy atom. The molecule has 12 heteroatoms. The largest absolute Gasteiger partial charge is 0.324 e. The number of halogens is 2. The van der Waals surface area contributed by atoms with Gasteiger partial charge in [-0.15, -0.1) is 11.3 Å². The van der Waals surface area contributed by atoms with E-state index in [4.69, 9.17) is 0 Å². The molecule has 6 rings (SSSR count). The molecule has 0 aliphatic carbocycles. The van der Waals surface area contributed by atoms with E-state index in [1.165, 1.54) is 24.7 Å². The van der Waals surface area contributed by atoms with Crippen molar-refractivity contribution in [1.82, 2.24) is 35.1 Å². The second-order valence-corrected chi connectivity index (χ2v) is 9.67. The van der Waals surface area contributed by atoms with Crippen molar-refractivity contribution in [3.8, 4) is 33.2 Å². The van der Waals surface area contributed by atoms with Gasteiger partial charge in [0.15, 0.2) is 22.4 Å². The summed E-state index contributed by atoms with van der Waals surface area (Å²) in [5.74, 6) is -0.723. The van der Waals surface area contributed by atoms with Crippen LogP contribution >= 0.6 is 11.3 Å². The maximum absolute atomic E-state index is 15.9. The number of aromatic nitrogens is 7. The molecule has 6 aromatic rings. The van der Waals surface area contributed by atoms with Crippen molar-refractivity contribution < 1.29 is 13.6 Å². The Labute approximate surface area is 212 Å². The zero-order valence-corrected chi connectivity index (χ0v) is 20.3. The molecule has 0 aromatic carbocycles. The highest BCUT2D eigenvalue weighted by atomic mass is 32.1. The van der Waals surface area contributed by atoms with Gasteiger partial charge in [0.05, 0.1) is 29.0 Å². The molecule has 9 nitrogen and oxygen atoms in total. The van der Waals surface area contributed by atoms with Gasteiger partial charge in [0.25, 0.3) is 0 Å². The molecule has 0 bridgehead atoms. The van der Waals surface area contributed by atoms with E-state index < -0.39 is 5.82 Å². The van der Waals surface area contributed by atoms with Crippen LogP contribution in [0.2, 0.25) is 0 Å². The molecule has 0 atom stereocenters. The van der Waals surface area contributed by atoms with Crippen LogP contribution in [0.25, 0.3) is 55.3 Å². The highest BCUT2D eigenvalue weighted by Gasteiger charge is 2.22. The maximum Gasteiger partial charge on any atom is 0.226 e. The molecule has 0 aliphatic heterocycles. The Morgan fingerprint density at radius 3 is 2.73 bits per heavy atom. The van der Waals surface area contributed by atoms with E-state index in [1.807, 2.05) is 0 Å². The first-order chi connectivity index (χ1) is 17.9. The summed E-state index contributed by atoms with van der Waals surface area (Å²) in [6, 6.07) is 6.43. The third kappa shape index (κ3) is 4.00. The molecule has 1 amide bonds. The lowest BCUT2D eigenvalue weighted by atomic mass is 10.1. The van der Waals surface area contributed by atoms with Gasteiger partial charge in [0.2, 0.25) is 5.91 Å². The van der Waals surface area contributed by atoms with E-state index >= 15 is 4.39 Å². The zero-order chi connectivity index (χ0) is 25.7. The lowest BCUT2D eigenvalue weighted by Gasteiger charge is -2.09. The number of hydrogen-bond donors (Lipinski definition) is 3. The summed E-state index contributed by atoms with van der Waals surface area (Å²) in [6.45, 7) is 3.55. The molecule has 3 N–H and O–H groups in total. The Kier molecular flexibility index (Phi) is 5.45. The van der Waals surface area contributed by atoms with E-state index in [0.29, 0.717) is 44.2 Å². The number of carbonyl (C=O) groups is 1. The monoisotopic (exact) mass is 516 g/mol. The summed E-state index contributed by atoms with van der Waals surface area (Å²) < 4.78 is 29.6. The van der Waals surface area contributed by atoms with E-state index in [9.17, 15) is 9.18 Å². The maximum atomic E-state index is 15.9. The smallest absolute Gasteiger partial charge is 0.226 e. The highest BCUT2D eigenvalue weighted by molar-refractivity contribution is 7.14. The number of aromatic amines is 2. The zero-order valence-electron chi connectivity index (χ0n) is 19.5. The standard InChI is InChI=1S/C25H18F2N8OS/c1-11(2)25(36)31-13-7-12(8-28-9-13)20-19(27)18-15(10-30-20)34-35-22(18)24-32-21-14(5-6-29-23(21)33-24)16-3-4-17(26)37-16/h3-11H,1-2H3,(H,31,36)(H,34,35)(H,29,32,33). The molecule has 0 saturated carbocycles. The number of nitrogens with zero attached hydrogens (tertiary/aromatic N) is 5. The van der Waals surface area contributed by atoms with E-state index in [2.05, 4.69) is 40.4 Å². The lowest BCUT2D eigenvalue weighted by Crippen LogP contribution is -2.17. The van der Waals surface area contributed by atoms with Gasteiger partial charge in [-0.2, -0.15) is 9.49 Å². The lowest BCUT2D eigenvalue weighted by molar-refractivity contribution is -0.118. The predicted octanol–water partition coefficient (Wildman–Crippen LogP) is 5.56. The van der Waals surface area contributed by atoms with E-state index in [0.717, 1.165) is 11.3 Å². The number of hydrogen-bond acceptors (Lipinski definition) is 7. The Balaban J connectivity index is 1.45. The normalized spacial score (nSPS) is 11.6. The molecule has 0 saturated heterocycles. The first-order valence-corrected chi connectivity index (χ1v) is 12.1. The van der Waals surface area contributed by atoms with Gasteiger partial charge in [-0.05, 0) is 24.3 Å². The number of rotatable bonds is 5. The van der Waals surface area contributed by atoms with Gasteiger partial charge in [-0.3, -0.25) is 19.9 Å². The SMILES string of the molecule is CC(C)C(=O)Nc1cncc(-c2ncc3[nH]nc(-c4nc5c(-c6ccc(F)s6)ccnc5[nH]4)c3c2F)c1. The number of thiophene rings is 1. The molecule has 184 valence electrons. The number of anilines is 1. The molecule has 0 radical (unpaired) electrons. The van der Waals surface area contributed by atoms with Crippen LogP contribution in [0, 0.1) is 16.9 Å². The average Bonchev–Trinajstić information content (AvgIpc) is 3.62. The topological polar surface area (TPSA) is 125 Å². The van der Waals surface area contributed by atoms with Gasteiger partial charge in [-0.25, -0.2) is 14.4 Å². The average molecular weight is 517 g/mol. The van der Waals surface area contributed by atoms with Gasteiger partial charge in [0.1, 0.15) is 16.9 Å². The second-order valence-electron chi connectivity index (χ2n) is 8.63. The van der Waals surface area contributed by atoms with Crippen molar-refractivity contribution in [3.05, 3.63) is 60.0 Å². The molecule has 0 fully saturated rings. The number of pyridine rings is 3. The summed E-state index contributed by atoms with van der Waals surface area (Å²) in [6.07, 6.45) is 6.03. The number of nitrogens with one attached hydrogen (secondary N) is 3. The third-order valence-electron chi connectivity index (χ3n) is 5.80. The minimum atomic E-state index is -0.621. The quantitative estimate of drug-likeness (QED) is 0.276. The summed E-state index contributed by atoms with van der Waals surface area (Å²) in [7, 11) is 0. The molecule has 0 aliphatic rings. The molecule has 6 heterocycles. The van der Waals surface area contributed by atoms with Crippen LogP contribution in [0.3, 0.4) is 0 Å². The minimum Gasteiger partial charge on any atom is -0.324 e. The molecule has 6 aromatic heterocycles. The van der Waals surface area contributed by atoms with E-state index in [-0.39, 0.29) is 33.7 Å². The van der Waals surface area contributed by atoms with Crippen LogP contribution in [0.4, 0.5) is 14.5 Å². The number of imidazole rings is 1. The fraction of sp³-hybridized carbons (Fsp3) is 0.120. The molecule has 37 heavy (non-hydrogen) atoms. The summed E-state index contributed by atoms with van der Waals surface area (Å²) in [5.41, 5.74) is 3.18. The van der Waals surface area contributed by atoms with Crippen molar-refractivity contribution in [2.24, 2.45) is 5.92 Å². The fourth-order valence-electron chi connectivity index (χ4n) is 3.95.